The van der Waals surface area contributed by atoms with Crippen molar-refractivity contribution >= 4 is 15.9 Å². The first-order chi connectivity index (χ1) is 4.06. The van der Waals surface area contributed by atoms with Crippen LogP contribution in [0, 0.1) is 10.1 Å². The first-order valence-corrected chi connectivity index (χ1v) is 2.91. The molecule has 0 heterocycles. The van der Waals surface area contributed by atoms with Gasteiger partial charge in [0.2, 0.25) is 0 Å². The van der Waals surface area contributed by atoms with Gasteiger partial charge in [-0.25, -0.2) is 0 Å². The van der Waals surface area contributed by atoms with E-state index in [-0.39, 0.29) is 19.5 Å². The molecule has 0 aromatic heterocycles. The minimum absolute atomic E-state index is 0. The molecular formula is C3H6BrNO4Zn. The van der Waals surface area contributed by atoms with Crippen molar-refractivity contribution in [1.82, 2.24) is 0 Å². The van der Waals surface area contributed by atoms with Gasteiger partial charge in [0.05, 0.1) is 0 Å². The van der Waals surface area contributed by atoms with Crippen molar-refractivity contribution in [1.29, 1.82) is 0 Å². The van der Waals surface area contributed by atoms with E-state index in [2.05, 4.69) is 15.9 Å². The molecular weight excluding hydrogens is 259 g/mol. The van der Waals surface area contributed by atoms with Crippen molar-refractivity contribution in [2.45, 2.75) is 4.45 Å². The third kappa shape index (κ3) is 3.01. The Balaban J connectivity index is 0. The maximum Gasteiger partial charge on any atom is 0.319 e. The minimum atomic E-state index is -1.77. The van der Waals surface area contributed by atoms with Gasteiger partial charge in [0, 0.05) is 40.3 Å². The Kier molecular flexibility index (Phi) is 6.68. The van der Waals surface area contributed by atoms with Crippen molar-refractivity contribution < 1.29 is 34.6 Å². The molecule has 0 aromatic rings. The normalized spacial score (nSPS) is 10.3. The van der Waals surface area contributed by atoms with E-state index in [9.17, 15) is 10.1 Å². The van der Waals surface area contributed by atoms with Crippen molar-refractivity contribution in [3.05, 3.63) is 10.1 Å². The van der Waals surface area contributed by atoms with Gasteiger partial charge < -0.3 is 10.2 Å². The number of aliphatic hydroxyl groups is 2. The van der Waals surface area contributed by atoms with E-state index in [0.717, 1.165) is 0 Å². The van der Waals surface area contributed by atoms with Crippen LogP contribution in [0.4, 0.5) is 0 Å². The summed E-state index contributed by atoms with van der Waals surface area (Å²) in [5.41, 5.74) is 0. The number of hydrogen-bond acceptors (Lipinski definition) is 4. The Labute approximate surface area is 78.5 Å². The number of nitro groups is 1. The average Bonchev–Trinajstić information content (AvgIpc) is 1.86. The van der Waals surface area contributed by atoms with Gasteiger partial charge in [-0.3, -0.25) is 10.1 Å². The SMILES string of the molecule is O=[N+]([O-])C(Br)(CO)CO.[Zn]. The van der Waals surface area contributed by atoms with E-state index in [0.29, 0.717) is 0 Å². The van der Waals surface area contributed by atoms with Gasteiger partial charge in [0.15, 0.2) is 0 Å². The first-order valence-electron chi connectivity index (χ1n) is 2.12. The number of alkyl halides is 1. The molecule has 0 bridgehead atoms. The van der Waals surface area contributed by atoms with Crippen LogP contribution in [0.3, 0.4) is 0 Å². The maximum absolute atomic E-state index is 9.92. The predicted octanol–water partition coefficient (Wildman–Crippen LogP) is -0.664. The van der Waals surface area contributed by atoms with Crippen LogP contribution in [0.1, 0.15) is 0 Å². The molecule has 0 fully saturated rings. The van der Waals surface area contributed by atoms with E-state index in [1.165, 1.54) is 0 Å². The Morgan fingerprint density at radius 3 is 1.80 bits per heavy atom. The number of hydrogen-bond donors (Lipinski definition) is 2. The fourth-order valence-electron chi connectivity index (χ4n) is 0.165. The molecule has 56 valence electrons. The van der Waals surface area contributed by atoms with Crippen LogP contribution in [0.2, 0.25) is 0 Å². The molecule has 0 saturated heterocycles. The van der Waals surface area contributed by atoms with Gasteiger partial charge in [-0.1, -0.05) is 0 Å². The molecule has 10 heavy (non-hydrogen) atoms. The number of rotatable bonds is 3. The minimum Gasteiger partial charge on any atom is -0.388 e. The summed E-state index contributed by atoms with van der Waals surface area (Å²) in [6.07, 6.45) is 0. The summed E-state index contributed by atoms with van der Waals surface area (Å²) >= 11 is 2.55. The Bertz CT molecular complexity index is 117. The van der Waals surface area contributed by atoms with E-state index in [4.69, 9.17) is 10.2 Å². The van der Waals surface area contributed by atoms with Crippen LogP contribution in [0.5, 0.6) is 0 Å². The molecule has 0 aromatic carbocycles. The van der Waals surface area contributed by atoms with Crippen molar-refractivity contribution in [2.24, 2.45) is 0 Å². The predicted molar refractivity (Wildman–Crippen MR) is 32.8 cm³/mol. The number of halogens is 1. The summed E-state index contributed by atoms with van der Waals surface area (Å²) in [4.78, 5) is 9.14. The van der Waals surface area contributed by atoms with E-state index < -0.39 is 22.6 Å². The second-order valence-corrected chi connectivity index (χ2v) is 2.97. The van der Waals surface area contributed by atoms with Gasteiger partial charge in [-0.2, -0.15) is 0 Å². The summed E-state index contributed by atoms with van der Waals surface area (Å²) in [5.74, 6) is 0. The zero-order valence-corrected chi connectivity index (χ0v) is 9.71. The number of nitrogens with zero attached hydrogens (tertiary/aromatic N) is 1. The monoisotopic (exact) mass is 263 g/mol. The van der Waals surface area contributed by atoms with Crippen molar-refractivity contribution in [2.75, 3.05) is 13.2 Å². The van der Waals surface area contributed by atoms with Crippen LogP contribution in [0.25, 0.3) is 0 Å². The first kappa shape index (κ1) is 13.0. The molecule has 0 amide bonds. The molecule has 0 spiro atoms. The van der Waals surface area contributed by atoms with E-state index >= 15 is 0 Å². The average molecular weight is 265 g/mol. The van der Waals surface area contributed by atoms with E-state index in [1.54, 1.807) is 0 Å². The molecule has 5 nitrogen and oxygen atoms in total. The van der Waals surface area contributed by atoms with Crippen LogP contribution >= 0.6 is 15.9 Å². The largest absolute Gasteiger partial charge is 0.388 e. The van der Waals surface area contributed by atoms with Crippen LogP contribution in [-0.2, 0) is 19.5 Å². The smallest absolute Gasteiger partial charge is 0.319 e. The van der Waals surface area contributed by atoms with Crippen LogP contribution in [0.15, 0.2) is 0 Å². The third-order valence-corrected chi connectivity index (χ3v) is 1.60. The summed E-state index contributed by atoms with van der Waals surface area (Å²) < 4.78 is -1.77. The quantitative estimate of drug-likeness (QED) is 0.233. The standard InChI is InChI=1S/C3H6BrNO4.Zn/c4-3(1-6,2-7)5(8)9;/h6-7H,1-2H2;. The molecule has 0 aliphatic rings. The zero-order chi connectivity index (χ0) is 7.49. The molecule has 2 N–H and O–H groups in total. The summed E-state index contributed by atoms with van der Waals surface area (Å²) in [6, 6.07) is 0. The molecule has 0 aliphatic heterocycles. The maximum atomic E-state index is 9.92. The third-order valence-electron chi connectivity index (χ3n) is 0.812. The fourth-order valence-corrected chi connectivity index (χ4v) is 0.165. The Morgan fingerprint density at radius 2 is 1.80 bits per heavy atom. The number of aliphatic hydroxyl groups excluding tert-OH is 2. The van der Waals surface area contributed by atoms with Crippen LogP contribution < -0.4 is 0 Å². The molecule has 0 atom stereocenters. The summed E-state index contributed by atoms with van der Waals surface area (Å²) in [7, 11) is 0. The summed E-state index contributed by atoms with van der Waals surface area (Å²) in [6.45, 7) is -1.45. The molecule has 0 rings (SSSR count). The molecule has 0 radical (unpaired) electrons. The Morgan fingerprint density at radius 1 is 1.50 bits per heavy atom. The zero-order valence-electron chi connectivity index (χ0n) is 5.16. The summed E-state index contributed by atoms with van der Waals surface area (Å²) in [5, 5.41) is 26.5. The fraction of sp³-hybridized carbons (Fsp3) is 1.00. The Hall–Kier alpha value is 0.423. The van der Waals surface area contributed by atoms with Gasteiger partial charge in [0.1, 0.15) is 13.2 Å². The molecule has 0 saturated carbocycles. The topological polar surface area (TPSA) is 83.6 Å². The van der Waals surface area contributed by atoms with Crippen molar-refractivity contribution in [3.8, 4) is 0 Å². The van der Waals surface area contributed by atoms with Gasteiger partial charge >= 0.3 is 4.45 Å². The van der Waals surface area contributed by atoms with Gasteiger partial charge in [-0.05, 0) is 0 Å². The second kappa shape index (κ2) is 5.12. The molecule has 7 heteroatoms. The van der Waals surface area contributed by atoms with Gasteiger partial charge in [0.25, 0.3) is 0 Å². The van der Waals surface area contributed by atoms with Crippen LogP contribution in [-0.4, -0.2) is 32.8 Å². The van der Waals surface area contributed by atoms with Gasteiger partial charge in [-0.15, -0.1) is 0 Å². The second-order valence-electron chi connectivity index (χ2n) is 1.49. The molecule has 0 unspecified atom stereocenters. The van der Waals surface area contributed by atoms with E-state index in [1.807, 2.05) is 0 Å². The van der Waals surface area contributed by atoms with Crippen molar-refractivity contribution in [3.63, 3.8) is 0 Å². The molecule has 0 aliphatic carbocycles.